The third-order valence-corrected chi connectivity index (χ3v) is 5.66. The van der Waals surface area contributed by atoms with Gasteiger partial charge in [0.2, 0.25) is 5.91 Å². The summed E-state index contributed by atoms with van der Waals surface area (Å²) in [5.74, 6) is 0.281. The maximum atomic E-state index is 12.6. The minimum absolute atomic E-state index is 0.0839. The summed E-state index contributed by atoms with van der Waals surface area (Å²) in [4.78, 5) is 14.9. The first-order valence-electron chi connectivity index (χ1n) is 9.91. The summed E-state index contributed by atoms with van der Waals surface area (Å²) >= 11 is 6.28. The molecular formula is C23H29ClN2O. The van der Waals surface area contributed by atoms with Crippen molar-refractivity contribution in [2.75, 3.05) is 19.6 Å². The third-order valence-electron chi connectivity index (χ3n) is 5.29. The van der Waals surface area contributed by atoms with Crippen molar-refractivity contribution in [1.82, 2.24) is 10.2 Å². The van der Waals surface area contributed by atoms with E-state index in [1.165, 1.54) is 11.1 Å². The van der Waals surface area contributed by atoms with E-state index in [-0.39, 0.29) is 11.8 Å². The zero-order valence-electron chi connectivity index (χ0n) is 16.1. The molecule has 0 unspecified atom stereocenters. The van der Waals surface area contributed by atoms with Crippen LogP contribution in [0.5, 0.6) is 0 Å². The second-order valence-electron chi connectivity index (χ2n) is 7.55. The van der Waals surface area contributed by atoms with Crippen LogP contribution in [0.1, 0.15) is 36.0 Å². The second-order valence-corrected chi connectivity index (χ2v) is 7.95. The highest BCUT2D eigenvalue weighted by Crippen LogP contribution is 2.22. The van der Waals surface area contributed by atoms with Crippen LogP contribution in [0.2, 0.25) is 5.02 Å². The molecule has 2 aromatic rings. The molecule has 4 heteroatoms. The van der Waals surface area contributed by atoms with Crippen molar-refractivity contribution >= 4 is 17.5 Å². The number of carbonyl (C=O) groups excluding carboxylic acids is 1. The van der Waals surface area contributed by atoms with Crippen LogP contribution in [0, 0.1) is 12.8 Å². The Labute approximate surface area is 167 Å². The molecule has 27 heavy (non-hydrogen) atoms. The second kappa shape index (κ2) is 9.91. The summed E-state index contributed by atoms with van der Waals surface area (Å²) in [5.41, 5.74) is 3.75. The lowest BCUT2D eigenvalue weighted by Crippen LogP contribution is -2.43. The van der Waals surface area contributed by atoms with Gasteiger partial charge in [0.05, 0.1) is 5.92 Å². The zero-order chi connectivity index (χ0) is 19.1. The van der Waals surface area contributed by atoms with E-state index in [0.29, 0.717) is 0 Å². The van der Waals surface area contributed by atoms with Gasteiger partial charge in [-0.1, -0.05) is 59.6 Å². The highest BCUT2D eigenvalue weighted by molar-refractivity contribution is 6.31. The molecule has 144 valence electrons. The average Bonchev–Trinajstić information content (AvgIpc) is 2.68. The van der Waals surface area contributed by atoms with Crippen LogP contribution in [0.3, 0.4) is 0 Å². The van der Waals surface area contributed by atoms with E-state index >= 15 is 0 Å². The number of piperidine rings is 1. The van der Waals surface area contributed by atoms with Crippen molar-refractivity contribution in [3.05, 3.63) is 70.2 Å². The van der Waals surface area contributed by atoms with Crippen LogP contribution in [0.4, 0.5) is 0 Å². The lowest BCUT2D eigenvalue weighted by atomic mass is 9.96. The van der Waals surface area contributed by atoms with E-state index in [2.05, 4.69) is 47.5 Å². The fourth-order valence-electron chi connectivity index (χ4n) is 3.68. The topological polar surface area (TPSA) is 32.3 Å². The van der Waals surface area contributed by atoms with Gasteiger partial charge in [0, 0.05) is 24.7 Å². The largest absolute Gasteiger partial charge is 0.356 e. The number of carbonyl (C=O) groups is 1. The minimum atomic E-state index is 0.0839. The van der Waals surface area contributed by atoms with Crippen molar-refractivity contribution in [3.63, 3.8) is 0 Å². The van der Waals surface area contributed by atoms with Crippen molar-refractivity contribution < 1.29 is 4.79 Å². The molecule has 0 bridgehead atoms. The molecule has 3 rings (SSSR count). The van der Waals surface area contributed by atoms with Crippen LogP contribution in [0.15, 0.2) is 48.5 Å². The lowest BCUT2D eigenvalue weighted by molar-refractivity contribution is -0.126. The number of amides is 1. The summed E-state index contributed by atoms with van der Waals surface area (Å²) in [6.45, 7) is 5.51. The number of nitrogens with zero attached hydrogens (tertiary/aromatic N) is 1. The van der Waals surface area contributed by atoms with Crippen molar-refractivity contribution in [3.8, 4) is 0 Å². The highest BCUT2D eigenvalue weighted by atomic mass is 35.5. The van der Waals surface area contributed by atoms with Gasteiger partial charge in [-0.15, -0.1) is 0 Å². The number of rotatable bonds is 7. The molecule has 0 saturated carbocycles. The Kier molecular flexibility index (Phi) is 7.31. The molecule has 0 radical (unpaired) electrons. The van der Waals surface area contributed by atoms with Gasteiger partial charge in [0.25, 0.3) is 0 Å². The van der Waals surface area contributed by atoms with Gasteiger partial charge in [-0.3, -0.25) is 9.69 Å². The van der Waals surface area contributed by atoms with Gasteiger partial charge in [-0.2, -0.15) is 0 Å². The lowest BCUT2D eigenvalue weighted by Gasteiger charge is -2.32. The number of likely N-dealkylation sites (tertiary alicyclic amines) is 1. The van der Waals surface area contributed by atoms with Gasteiger partial charge < -0.3 is 5.32 Å². The van der Waals surface area contributed by atoms with E-state index in [0.717, 1.165) is 62.4 Å². The molecule has 2 aromatic carbocycles. The fourth-order valence-corrected chi connectivity index (χ4v) is 3.88. The molecule has 1 aliphatic rings. The monoisotopic (exact) mass is 384 g/mol. The summed E-state index contributed by atoms with van der Waals surface area (Å²) in [6, 6.07) is 16.6. The van der Waals surface area contributed by atoms with Gasteiger partial charge in [-0.25, -0.2) is 0 Å². The molecule has 1 amide bonds. The number of nitrogens with one attached hydrogen (secondary N) is 1. The summed E-state index contributed by atoms with van der Waals surface area (Å²) in [5, 5.41) is 3.94. The predicted molar refractivity (Wildman–Crippen MR) is 112 cm³/mol. The Balaban J connectivity index is 1.41. The Bertz CT molecular complexity index is 744. The van der Waals surface area contributed by atoms with E-state index in [9.17, 15) is 4.79 Å². The van der Waals surface area contributed by atoms with Crippen molar-refractivity contribution in [2.45, 2.75) is 39.2 Å². The molecular weight excluding hydrogens is 356 g/mol. The summed E-state index contributed by atoms with van der Waals surface area (Å²) in [6.07, 6.45) is 4.02. The summed E-state index contributed by atoms with van der Waals surface area (Å²) in [7, 11) is 0. The number of hydrogen-bond donors (Lipinski definition) is 1. The van der Waals surface area contributed by atoms with Crippen LogP contribution in [-0.2, 0) is 17.8 Å². The van der Waals surface area contributed by atoms with Gasteiger partial charge in [-0.05, 0) is 56.3 Å². The van der Waals surface area contributed by atoms with Crippen LogP contribution in [-0.4, -0.2) is 30.4 Å². The van der Waals surface area contributed by atoms with Gasteiger partial charge in [0.15, 0.2) is 0 Å². The predicted octanol–water partition coefficient (Wildman–Crippen LogP) is 4.61. The normalized spacial score (nSPS) is 17.6. The zero-order valence-corrected chi connectivity index (χ0v) is 16.8. The Morgan fingerprint density at radius 3 is 2.74 bits per heavy atom. The number of hydrogen-bond acceptors (Lipinski definition) is 2. The maximum Gasteiger partial charge on any atom is 0.224 e. The SMILES string of the molecule is Cc1ccc(CCCNC(=O)[C@@H]2CCCN(Cc3ccccc3Cl)C2)cc1. The van der Waals surface area contributed by atoms with E-state index in [1.54, 1.807) is 0 Å². The third kappa shape index (κ3) is 6.08. The van der Waals surface area contributed by atoms with Crippen LogP contribution in [0.25, 0.3) is 0 Å². The summed E-state index contributed by atoms with van der Waals surface area (Å²) < 4.78 is 0. The first-order valence-corrected chi connectivity index (χ1v) is 10.3. The van der Waals surface area contributed by atoms with Crippen LogP contribution < -0.4 is 5.32 Å². The first kappa shape index (κ1) is 19.9. The Morgan fingerprint density at radius 1 is 1.19 bits per heavy atom. The smallest absolute Gasteiger partial charge is 0.224 e. The first-order chi connectivity index (χ1) is 13.1. The number of aryl methyl sites for hydroxylation is 2. The molecule has 3 nitrogen and oxygen atoms in total. The van der Waals surface area contributed by atoms with Gasteiger partial charge >= 0.3 is 0 Å². The molecule has 1 N–H and O–H groups in total. The van der Waals surface area contributed by atoms with Crippen molar-refractivity contribution in [1.29, 1.82) is 0 Å². The molecule has 0 spiro atoms. The van der Waals surface area contributed by atoms with E-state index in [1.807, 2.05) is 18.2 Å². The molecule has 1 aliphatic heterocycles. The van der Waals surface area contributed by atoms with Gasteiger partial charge in [0.1, 0.15) is 0 Å². The van der Waals surface area contributed by atoms with E-state index in [4.69, 9.17) is 11.6 Å². The average molecular weight is 385 g/mol. The van der Waals surface area contributed by atoms with E-state index < -0.39 is 0 Å². The molecule has 1 saturated heterocycles. The molecule has 1 heterocycles. The maximum absolute atomic E-state index is 12.6. The Morgan fingerprint density at radius 2 is 1.96 bits per heavy atom. The Hall–Kier alpha value is -1.84. The molecule has 0 aliphatic carbocycles. The van der Waals surface area contributed by atoms with Crippen LogP contribution >= 0.6 is 11.6 Å². The number of halogens is 1. The van der Waals surface area contributed by atoms with Crippen molar-refractivity contribution in [2.24, 2.45) is 5.92 Å². The highest BCUT2D eigenvalue weighted by Gasteiger charge is 2.25. The fraction of sp³-hybridized carbons (Fsp3) is 0.435. The quantitative estimate of drug-likeness (QED) is 0.707. The number of benzene rings is 2. The molecule has 0 aromatic heterocycles. The minimum Gasteiger partial charge on any atom is -0.356 e. The molecule has 1 atom stereocenters. The molecule has 1 fully saturated rings. The standard InChI is InChI=1S/C23H29ClN2O/c1-18-10-12-19(13-11-18)6-4-14-25-23(27)21-8-5-15-26(17-21)16-20-7-2-3-9-22(20)24/h2-3,7,9-13,21H,4-6,8,14-17H2,1H3,(H,25,27)/t21-/m1/s1.